The van der Waals surface area contributed by atoms with Gasteiger partial charge in [-0.3, -0.25) is 0 Å². The monoisotopic (exact) mass is 321 g/mol. The van der Waals surface area contributed by atoms with Gasteiger partial charge in [-0.1, -0.05) is 43.1 Å². The van der Waals surface area contributed by atoms with Crippen LogP contribution in [0.15, 0.2) is 23.1 Å². The van der Waals surface area contributed by atoms with Gasteiger partial charge in [-0.2, -0.15) is 4.31 Å². The predicted octanol–water partition coefficient (Wildman–Crippen LogP) is 3.66. The van der Waals surface area contributed by atoms with E-state index in [0.717, 1.165) is 6.42 Å². The van der Waals surface area contributed by atoms with E-state index in [4.69, 9.17) is 23.2 Å². The molecule has 1 heterocycles. The van der Waals surface area contributed by atoms with E-state index in [1.54, 1.807) is 18.2 Å². The summed E-state index contributed by atoms with van der Waals surface area (Å²) in [5.41, 5.74) is 0. The molecule has 0 spiro atoms. The molecule has 1 saturated heterocycles. The van der Waals surface area contributed by atoms with Gasteiger partial charge in [0, 0.05) is 13.1 Å². The largest absolute Gasteiger partial charge is 0.246 e. The van der Waals surface area contributed by atoms with Crippen LogP contribution in [0, 0.1) is 11.8 Å². The highest BCUT2D eigenvalue weighted by molar-refractivity contribution is 7.89. The summed E-state index contributed by atoms with van der Waals surface area (Å²) in [5, 5.41) is 0.358. The van der Waals surface area contributed by atoms with Crippen molar-refractivity contribution < 1.29 is 8.42 Å². The number of hydrogen-bond acceptors (Lipinski definition) is 2. The van der Waals surface area contributed by atoms with Crippen LogP contribution in [-0.4, -0.2) is 25.8 Å². The van der Waals surface area contributed by atoms with Gasteiger partial charge in [0.25, 0.3) is 0 Å². The fraction of sp³-hybridized carbons (Fsp3) is 0.538. The fourth-order valence-electron chi connectivity index (χ4n) is 2.66. The molecule has 106 valence electrons. The van der Waals surface area contributed by atoms with Gasteiger partial charge in [0.15, 0.2) is 0 Å². The van der Waals surface area contributed by atoms with Gasteiger partial charge in [0.1, 0.15) is 4.90 Å². The topological polar surface area (TPSA) is 37.4 Å². The molecule has 0 N–H and O–H groups in total. The number of nitrogens with zero attached hydrogens (tertiary/aromatic N) is 1. The lowest BCUT2D eigenvalue weighted by molar-refractivity contribution is 0.222. The van der Waals surface area contributed by atoms with E-state index in [9.17, 15) is 8.42 Å². The van der Waals surface area contributed by atoms with Crippen LogP contribution < -0.4 is 0 Å². The molecular formula is C13H17Cl2NO2S. The highest BCUT2D eigenvalue weighted by Gasteiger charge is 2.34. The van der Waals surface area contributed by atoms with E-state index in [-0.39, 0.29) is 14.9 Å². The molecule has 0 amide bonds. The third kappa shape index (κ3) is 3.07. The molecule has 0 aromatic heterocycles. The molecule has 1 aliphatic heterocycles. The number of benzene rings is 1. The van der Waals surface area contributed by atoms with Crippen molar-refractivity contribution in [3.05, 3.63) is 28.2 Å². The number of piperidine rings is 1. The predicted molar refractivity (Wildman–Crippen MR) is 78.2 cm³/mol. The van der Waals surface area contributed by atoms with E-state index in [1.165, 1.54) is 4.31 Å². The average Bonchev–Trinajstić information content (AvgIpc) is 2.26. The minimum absolute atomic E-state index is 0.0274. The molecular weight excluding hydrogens is 305 g/mol. The maximum Gasteiger partial charge on any atom is 0.246 e. The van der Waals surface area contributed by atoms with Crippen LogP contribution in [-0.2, 0) is 10.0 Å². The van der Waals surface area contributed by atoms with Crippen LogP contribution in [0.3, 0.4) is 0 Å². The zero-order valence-corrected chi connectivity index (χ0v) is 13.3. The van der Waals surface area contributed by atoms with Gasteiger partial charge in [-0.25, -0.2) is 8.42 Å². The third-order valence-corrected chi connectivity index (χ3v) is 6.14. The molecule has 3 nitrogen and oxygen atoms in total. The highest BCUT2D eigenvalue weighted by Crippen LogP contribution is 2.34. The van der Waals surface area contributed by atoms with Crippen LogP contribution in [0.4, 0.5) is 0 Å². The summed E-state index contributed by atoms with van der Waals surface area (Å²) < 4.78 is 26.9. The molecule has 2 rings (SSSR count). The summed E-state index contributed by atoms with van der Waals surface area (Å²) in [6.45, 7) is 5.17. The van der Waals surface area contributed by atoms with Crippen LogP contribution in [0.2, 0.25) is 10.0 Å². The standard InChI is InChI=1S/C13H17Cl2NO2S/c1-9-6-10(2)8-16(7-9)19(17,18)13-11(14)4-3-5-12(13)15/h3-5,9-10H,6-8H2,1-2H3/t9-,10+. The Morgan fingerprint density at radius 3 is 2.05 bits per heavy atom. The normalized spacial score (nSPS) is 25.5. The number of hydrogen-bond donors (Lipinski definition) is 0. The second kappa shape index (κ2) is 5.60. The Labute approximate surface area is 124 Å². The first-order valence-corrected chi connectivity index (χ1v) is 8.46. The minimum Gasteiger partial charge on any atom is -0.207 e. The molecule has 19 heavy (non-hydrogen) atoms. The van der Waals surface area contributed by atoms with Crippen molar-refractivity contribution >= 4 is 33.2 Å². The van der Waals surface area contributed by atoms with Gasteiger partial charge in [0.05, 0.1) is 10.0 Å². The first kappa shape index (κ1) is 15.1. The van der Waals surface area contributed by atoms with Gasteiger partial charge < -0.3 is 0 Å². The van der Waals surface area contributed by atoms with Gasteiger partial charge in [-0.15, -0.1) is 0 Å². The first-order valence-electron chi connectivity index (χ1n) is 6.26. The lowest BCUT2D eigenvalue weighted by Gasteiger charge is -2.34. The second-order valence-electron chi connectivity index (χ2n) is 5.32. The number of rotatable bonds is 2. The fourth-order valence-corrected chi connectivity index (χ4v) is 5.43. The van der Waals surface area contributed by atoms with Crippen molar-refractivity contribution in [2.75, 3.05) is 13.1 Å². The smallest absolute Gasteiger partial charge is 0.207 e. The molecule has 1 aromatic carbocycles. The molecule has 0 saturated carbocycles. The van der Waals surface area contributed by atoms with Crippen LogP contribution in [0.5, 0.6) is 0 Å². The zero-order valence-electron chi connectivity index (χ0n) is 10.9. The lowest BCUT2D eigenvalue weighted by Crippen LogP contribution is -2.42. The van der Waals surface area contributed by atoms with Crippen LogP contribution in [0.1, 0.15) is 20.3 Å². The lowest BCUT2D eigenvalue weighted by atomic mass is 9.94. The van der Waals surface area contributed by atoms with Gasteiger partial charge >= 0.3 is 0 Å². The summed E-state index contributed by atoms with van der Waals surface area (Å²) in [6.07, 6.45) is 1.04. The average molecular weight is 322 g/mol. The Hall–Kier alpha value is -0.290. The van der Waals surface area contributed by atoms with Crippen molar-refractivity contribution in [3.63, 3.8) is 0 Å². The van der Waals surface area contributed by atoms with Gasteiger partial charge in [0.2, 0.25) is 10.0 Å². The summed E-state index contributed by atoms with van der Waals surface area (Å²) >= 11 is 12.0. The molecule has 6 heteroatoms. The Morgan fingerprint density at radius 2 is 1.58 bits per heavy atom. The summed E-state index contributed by atoms with van der Waals surface area (Å²) in [5.74, 6) is 0.694. The van der Waals surface area contributed by atoms with Crippen molar-refractivity contribution in [3.8, 4) is 0 Å². The first-order chi connectivity index (χ1) is 8.82. The van der Waals surface area contributed by atoms with Crippen LogP contribution in [0.25, 0.3) is 0 Å². The highest BCUT2D eigenvalue weighted by atomic mass is 35.5. The molecule has 0 unspecified atom stereocenters. The summed E-state index contributed by atoms with van der Waals surface area (Å²) in [4.78, 5) is 0.0274. The molecule has 0 aliphatic carbocycles. The maximum absolute atomic E-state index is 12.7. The van der Waals surface area contributed by atoms with E-state index < -0.39 is 10.0 Å². The zero-order chi connectivity index (χ0) is 14.2. The number of halogens is 2. The molecule has 1 fully saturated rings. The number of sulfonamides is 1. The molecule has 2 atom stereocenters. The third-order valence-electron chi connectivity index (χ3n) is 3.35. The molecule has 1 aliphatic rings. The Bertz CT molecular complexity index is 544. The van der Waals surface area contributed by atoms with E-state index >= 15 is 0 Å². The van der Waals surface area contributed by atoms with E-state index in [2.05, 4.69) is 13.8 Å². The van der Waals surface area contributed by atoms with Crippen molar-refractivity contribution in [2.45, 2.75) is 25.2 Å². The minimum atomic E-state index is -3.62. The molecule has 0 radical (unpaired) electrons. The maximum atomic E-state index is 12.7. The SMILES string of the molecule is C[C@@H]1C[C@H](C)CN(S(=O)(=O)c2c(Cl)cccc2Cl)C1. The summed E-state index contributed by atoms with van der Waals surface area (Å²) in [7, 11) is -3.62. The van der Waals surface area contributed by atoms with Gasteiger partial charge in [-0.05, 0) is 30.4 Å². The Balaban J connectivity index is 2.42. The van der Waals surface area contributed by atoms with Crippen molar-refractivity contribution in [2.24, 2.45) is 11.8 Å². The summed E-state index contributed by atoms with van der Waals surface area (Å²) in [6, 6.07) is 4.75. The molecule has 0 bridgehead atoms. The van der Waals surface area contributed by atoms with E-state index in [1.807, 2.05) is 0 Å². The quantitative estimate of drug-likeness (QED) is 0.833. The van der Waals surface area contributed by atoms with E-state index in [0.29, 0.717) is 24.9 Å². The van der Waals surface area contributed by atoms with Crippen molar-refractivity contribution in [1.82, 2.24) is 4.31 Å². The van der Waals surface area contributed by atoms with Crippen LogP contribution >= 0.6 is 23.2 Å². The Kier molecular flexibility index (Phi) is 4.45. The van der Waals surface area contributed by atoms with Crippen molar-refractivity contribution in [1.29, 1.82) is 0 Å². The Morgan fingerprint density at radius 1 is 1.11 bits per heavy atom. The second-order valence-corrected chi connectivity index (χ2v) is 8.01. The molecule has 1 aromatic rings.